The minimum atomic E-state index is -0.706. The van der Waals surface area contributed by atoms with Crippen LogP contribution in [0.2, 0.25) is 5.02 Å². The highest BCUT2D eigenvalue weighted by atomic mass is 35.5. The largest absolute Gasteiger partial charge is 0.466 e. The van der Waals surface area contributed by atoms with Crippen molar-refractivity contribution in [2.24, 2.45) is 0 Å². The number of rotatable bonds is 4. The van der Waals surface area contributed by atoms with Crippen molar-refractivity contribution in [2.75, 3.05) is 0 Å². The Labute approximate surface area is 106 Å². The highest BCUT2D eigenvalue weighted by molar-refractivity contribution is 6.32. The molecule has 0 amide bonds. The van der Waals surface area contributed by atoms with Crippen molar-refractivity contribution in [3.8, 4) is 5.75 Å². The fraction of sp³-hybridized carbons (Fsp3) is 0.100. The lowest BCUT2D eigenvalue weighted by Gasteiger charge is -2.04. The molecule has 0 unspecified atom stereocenters. The quantitative estimate of drug-likeness (QED) is 0.633. The molecule has 0 aliphatic carbocycles. The maximum Gasteiger partial charge on any atom is 0.408 e. The van der Waals surface area contributed by atoms with Gasteiger partial charge in [-0.2, -0.15) is 0 Å². The monoisotopic (exact) mass is 271 g/mol. The van der Waals surface area contributed by atoms with Crippen LogP contribution in [-0.4, -0.2) is 14.7 Å². The van der Waals surface area contributed by atoms with Gasteiger partial charge in [0, 0.05) is 0 Å². The zero-order chi connectivity index (χ0) is 13.1. The number of hydrogen-bond acceptors (Lipinski definition) is 4. The van der Waals surface area contributed by atoms with Gasteiger partial charge in [0.2, 0.25) is 6.73 Å². The summed E-state index contributed by atoms with van der Waals surface area (Å²) >= 11 is 5.60. The molecular weight excluding hydrogens is 265 g/mol. The van der Waals surface area contributed by atoms with Crippen molar-refractivity contribution in [2.45, 2.75) is 6.73 Å². The summed E-state index contributed by atoms with van der Waals surface area (Å²) in [5.74, 6) is -0.953. The first-order chi connectivity index (χ1) is 8.58. The third-order valence-electron chi connectivity index (χ3n) is 2.06. The fourth-order valence-corrected chi connectivity index (χ4v) is 1.49. The van der Waals surface area contributed by atoms with Crippen LogP contribution in [-0.2, 0) is 6.73 Å². The highest BCUT2D eigenvalue weighted by Crippen LogP contribution is 2.22. The summed E-state index contributed by atoms with van der Waals surface area (Å²) in [5.41, 5.74) is 0. The van der Waals surface area contributed by atoms with E-state index in [0.717, 1.165) is 4.68 Å². The fourth-order valence-electron chi connectivity index (χ4n) is 1.27. The lowest BCUT2D eigenvalue weighted by molar-refractivity contribution is -0.389. The molecule has 0 bridgehead atoms. The van der Waals surface area contributed by atoms with Crippen LogP contribution in [0.15, 0.2) is 30.5 Å². The Morgan fingerprint density at radius 3 is 2.83 bits per heavy atom. The van der Waals surface area contributed by atoms with E-state index in [1.807, 2.05) is 0 Å². The normalized spacial score (nSPS) is 10.3. The number of para-hydroxylation sites is 1. The Morgan fingerprint density at radius 2 is 2.22 bits per heavy atom. The van der Waals surface area contributed by atoms with Gasteiger partial charge in [-0.25, -0.2) is 4.39 Å². The van der Waals surface area contributed by atoms with E-state index in [1.54, 1.807) is 6.07 Å². The lowest BCUT2D eigenvalue weighted by atomic mass is 10.3. The Morgan fingerprint density at radius 1 is 1.50 bits per heavy atom. The Kier molecular flexibility index (Phi) is 3.42. The number of benzene rings is 1. The van der Waals surface area contributed by atoms with Crippen LogP contribution in [0.25, 0.3) is 0 Å². The molecule has 0 N–H and O–H groups in total. The van der Waals surface area contributed by atoms with Crippen LogP contribution in [0.3, 0.4) is 0 Å². The van der Waals surface area contributed by atoms with Crippen molar-refractivity contribution in [3.63, 3.8) is 0 Å². The molecule has 6 nitrogen and oxygen atoms in total. The topological polar surface area (TPSA) is 70.2 Å². The first-order valence-electron chi connectivity index (χ1n) is 4.82. The van der Waals surface area contributed by atoms with E-state index in [2.05, 4.69) is 5.10 Å². The zero-order valence-electron chi connectivity index (χ0n) is 8.92. The average molecular weight is 272 g/mol. The number of aromatic nitrogens is 2. The Bertz CT molecular complexity index is 587. The second-order valence-electron chi connectivity index (χ2n) is 3.30. The van der Waals surface area contributed by atoms with Gasteiger partial charge in [-0.3, -0.25) is 0 Å². The standard InChI is InChI=1S/C10H7ClFN3O3/c11-7-5-14(13-10(7)15(16)17)6-18-9-4-2-1-3-8(9)12/h1-5H,6H2. The van der Waals surface area contributed by atoms with Crippen LogP contribution >= 0.6 is 11.6 Å². The SMILES string of the molecule is O=[N+]([O-])c1nn(COc2ccccc2F)cc1Cl. The van der Waals surface area contributed by atoms with E-state index in [-0.39, 0.29) is 17.5 Å². The van der Waals surface area contributed by atoms with Crippen LogP contribution in [0.5, 0.6) is 5.75 Å². The molecule has 1 aromatic carbocycles. The van der Waals surface area contributed by atoms with E-state index in [4.69, 9.17) is 16.3 Å². The molecular formula is C10H7ClFN3O3. The van der Waals surface area contributed by atoms with Gasteiger partial charge in [0.15, 0.2) is 16.6 Å². The number of halogens is 2. The molecule has 18 heavy (non-hydrogen) atoms. The second kappa shape index (κ2) is 5.01. The van der Waals surface area contributed by atoms with Crippen LogP contribution < -0.4 is 4.74 Å². The molecule has 0 atom stereocenters. The zero-order valence-corrected chi connectivity index (χ0v) is 9.67. The van der Waals surface area contributed by atoms with Crippen LogP contribution in [0.4, 0.5) is 10.2 Å². The molecule has 0 radical (unpaired) electrons. The highest BCUT2D eigenvalue weighted by Gasteiger charge is 2.19. The van der Waals surface area contributed by atoms with Crippen molar-refractivity contribution >= 4 is 17.4 Å². The van der Waals surface area contributed by atoms with Gasteiger partial charge < -0.3 is 14.9 Å². The second-order valence-corrected chi connectivity index (χ2v) is 3.71. The minimum absolute atomic E-state index is 0.0341. The third kappa shape index (κ3) is 2.57. The molecule has 0 aliphatic rings. The van der Waals surface area contributed by atoms with Crippen molar-refractivity contribution < 1.29 is 14.1 Å². The number of nitro groups is 1. The summed E-state index contributed by atoms with van der Waals surface area (Å²) in [4.78, 5) is 9.80. The maximum atomic E-state index is 13.2. The summed E-state index contributed by atoms with van der Waals surface area (Å²) in [5, 5.41) is 14.0. The molecule has 0 saturated carbocycles. The first-order valence-corrected chi connectivity index (χ1v) is 5.20. The molecule has 0 fully saturated rings. The predicted molar refractivity (Wildman–Crippen MR) is 60.9 cm³/mol. The predicted octanol–water partition coefficient (Wildman–Crippen LogP) is 2.62. The number of hydrogen-bond donors (Lipinski definition) is 0. The van der Waals surface area contributed by atoms with Gasteiger partial charge in [0.25, 0.3) is 0 Å². The van der Waals surface area contributed by atoms with E-state index in [1.165, 1.54) is 24.4 Å². The summed E-state index contributed by atoms with van der Waals surface area (Å²) in [7, 11) is 0. The van der Waals surface area contributed by atoms with Gasteiger partial charge in [-0.1, -0.05) is 23.7 Å². The number of nitrogens with zero attached hydrogens (tertiary/aromatic N) is 3. The van der Waals surface area contributed by atoms with E-state index >= 15 is 0 Å². The molecule has 2 aromatic rings. The summed E-state index contributed by atoms with van der Waals surface area (Å²) in [6.45, 7) is -0.172. The van der Waals surface area contributed by atoms with Gasteiger partial charge >= 0.3 is 5.82 Å². The van der Waals surface area contributed by atoms with Crippen molar-refractivity contribution in [3.05, 3.63) is 51.4 Å². The summed E-state index contributed by atoms with van der Waals surface area (Å²) < 4.78 is 19.4. The van der Waals surface area contributed by atoms with Gasteiger partial charge in [-0.05, 0) is 17.1 Å². The van der Waals surface area contributed by atoms with Crippen LogP contribution in [0.1, 0.15) is 0 Å². The van der Waals surface area contributed by atoms with Gasteiger partial charge in [0.1, 0.15) is 0 Å². The Balaban J connectivity index is 2.09. The first kappa shape index (κ1) is 12.3. The van der Waals surface area contributed by atoms with E-state index in [0.29, 0.717) is 0 Å². The Hall–Kier alpha value is -2.15. The molecule has 0 saturated heterocycles. The molecule has 94 valence electrons. The smallest absolute Gasteiger partial charge is 0.408 e. The third-order valence-corrected chi connectivity index (χ3v) is 2.33. The molecule has 1 heterocycles. The molecule has 0 spiro atoms. The molecule has 2 rings (SSSR count). The minimum Gasteiger partial charge on any atom is -0.466 e. The average Bonchev–Trinajstić information content (AvgIpc) is 2.70. The van der Waals surface area contributed by atoms with E-state index in [9.17, 15) is 14.5 Å². The van der Waals surface area contributed by atoms with E-state index < -0.39 is 16.6 Å². The maximum absolute atomic E-state index is 13.2. The number of ether oxygens (including phenoxy) is 1. The van der Waals surface area contributed by atoms with Gasteiger partial charge in [-0.15, -0.1) is 4.68 Å². The molecule has 8 heteroatoms. The van der Waals surface area contributed by atoms with Crippen molar-refractivity contribution in [1.29, 1.82) is 0 Å². The molecule has 1 aromatic heterocycles. The van der Waals surface area contributed by atoms with Gasteiger partial charge in [0.05, 0.1) is 11.3 Å². The summed E-state index contributed by atoms with van der Waals surface area (Å²) in [6.07, 6.45) is 1.24. The summed E-state index contributed by atoms with van der Waals surface area (Å²) in [6, 6.07) is 5.82. The molecule has 0 aliphatic heterocycles. The van der Waals surface area contributed by atoms with Crippen molar-refractivity contribution in [1.82, 2.24) is 9.78 Å². The lowest BCUT2D eigenvalue weighted by Crippen LogP contribution is -2.06. The van der Waals surface area contributed by atoms with Crippen LogP contribution in [0, 0.1) is 15.9 Å².